The lowest BCUT2D eigenvalue weighted by molar-refractivity contribution is -0.870. The van der Waals surface area contributed by atoms with Crippen LogP contribution in [-0.4, -0.2) is 68.5 Å². The van der Waals surface area contributed by atoms with E-state index in [0.717, 1.165) is 38.5 Å². The molecule has 0 aromatic rings. The monoisotopic (exact) mass is 580 g/mol. The molecule has 0 aromatic carbocycles. The third-order valence-electron chi connectivity index (χ3n) is 5.43. The fraction of sp³-hybridized carbons (Fsp3) is 0.581. The molecule has 0 aliphatic carbocycles. The summed E-state index contributed by atoms with van der Waals surface area (Å²) in [5.74, 6) is -0.343. The third-order valence-corrected chi connectivity index (χ3v) is 6.40. The average Bonchev–Trinajstić information content (AvgIpc) is 2.88. The maximum absolute atomic E-state index is 12.5. The number of carbonyl (C=O) groups is 1. The summed E-state index contributed by atoms with van der Waals surface area (Å²) in [4.78, 5) is 24.6. The number of hydrogen-bond acceptors (Lipinski definition) is 6. The number of phosphoric ester groups is 1. The van der Waals surface area contributed by atoms with Crippen molar-refractivity contribution in [3.05, 3.63) is 72.9 Å². The van der Waals surface area contributed by atoms with Gasteiger partial charge in [0, 0.05) is 6.42 Å². The standard InChI is InChI=1S/C31H53N2O6P/c1-6-8-10-11-12-13-14-15-16-17-18-19-20-21-23-25-31(35)32-29(30(34)24-22-9-7-2)28-39-40(36,37)38-27-26-33(3,4)5/h8,10,12-13,15-16,18-19,21-24,29-30,34H,6-7,9,11,14,17,20,25-28H2,1-5H3,(H-,32,35,36,37)/b10-8-,13-12-,16-15-,19-18-,23-21-,24-22+. The van der Waals surface area contributed by atoms with E-state index in [9.17, 15) is 19.4 Å². The van der Waals surface area contributed by atoms with E-state index in [1.807, 2.05) is 40.2 Å². The van der Waals surface area contributed by atoms with Gasteiger partial charge in [-0.15, -0.1) is 0 Å². The number of allylic oxidation sites excluding steroid dienone is 10. The second-order valence-corrected chi connectivity index (χ2v) is 11.8. The molecule has 0 fully saturated rings. The molecule has 1 amide bonds. The number of aliphatic hydroxyl groups excluding tert-OH is 1. The maximum atomic E-state index is 12.5. The van der Waals surface area contributed by atoms with Crippen molar-refractivity contribution in [2.75, 3.05) is 40.9 Å². The molecule has 8 nitrogen and oxygen atoms in total. The zero-order chi connectivity index (χ0) is 30.1. The molecule has 0 rings (SSSR count). The number of likely N-dealkylation sites (N-methyl/N-ethyl adjacent to an activating group) is 1. The van der Waals surface area contributed by atoms with E-state index in [1.54, 1.807) is 18.2 Å². The zero-order valence-corrected chi connectivity index (χ0v) is 26.1. The summed E-state index contributed by atoms with van der Waals surface area (Å²) in [6.45, 7) is 4.16. The fourth-order valence-electron chi connectivity index (χ4n) is 3.10. The predicted octanol–water partition coefficient (Wildman–Crippen LogP) is 5.54. The molecule has 0 aliphatic heterocycles. The molecule has 0 radical (unpaired) electrons. The molecular weight excluding hydrogens is 527 g/mol. The summed E-state index contributed by atoms with van der Waals surface area (Å²) in [6.07, 6.45) is 29.2. The van der Waals surface area contributed by atoms with E-state index >= 15 is 0 Å². The first-order chi connectivity index (χ1) is 19.0. The molecule has 2 N–H and O–H groups in total. The van der Waals surface area contributed by atoms with Crippen molar-refractivity contribution >= 4 is 13.7 Å². The number of unbranched alkanes of at least 4 members (excludes halogenated alkanes) is 1. The highest BCUT2D eigenvalue weighted by molar-refractivity contribution is 7.45. The van der Waals surface area contributed by atoms with E-state index in [4.69, 9.17) is 9.05 Å². The van der Waals surface area contributed by atoms with Crippen molar-refractivity contribution in [1.82, 2.24) is 5.32 Å². The Bertz CT molecular complexity index is 887. The van der Waals surface area contributed by atoms with Crippen LogP contribution in [0.1, 0.15) is 65.2 Å². The summed E-state index contributed by atoms with van der Waals surface area (Å²) in [6, 6.07) is -0.937. The van der Waals surface area contributed by atoms with Crippen LogP contribution in [-0.2, 0) is 18.4 Å². The minimum atomic E-state index is -4.58. The summed E-state index contributed by atoms with van der Waals surface area (Å²) in [5, 5.41) is 13.2. The molecule has 0 bridgehead atoms. The van der Waals surface area contributed by atoms with E-state index in [1.165, 1.54) is 0 Å². The maximum Gasteiger partial charge on any atom is 0.268 e. The fourth-order valence-corrected chi connectivity index (χ4v) is 3.83. The summed E-state index contributed by atoms with van der Waals surface area (Å²) >= 11 is 0. The molecule has 3 unspecified atom stereocenters. The third kappa shape index (κ3) is 24.9. The Kier molecular flexibility index (Phi) is 22.4. The Labute approximate surface area is 243 Å². The van der Waals surface area contributed by atoms with Crippen molar-refractivity contribution in [3.8, 4) is 0 Å². The van der Waals surface area contributed by atoms with Gasteiger partial charge >= 0.3 is 0 Å². The second kappa shape index (κ2) is 23.6. The Morgan fingerprint density at radius 2 is 1.40 bits per heavy atom. The van der Waals surface area contributed by atoms with Crippen LogP contribution in [0.4, 0.5) is 0 Å². The smallest absolute Gasteiger partial charge is 0.268 e. The molecule has 9 heteroatoms. The van der Waals surface area contributed by atoms with Crippen LogP contribution in [0.25, 0.3) is 0 Å². The number of aliphatic hydroxyl groups is 1. The van der Waals surface area contributed by atoms with Gasteiger partial charge in [-0.1, -0.05) is 93.2 Å². The molecule has 0 aromatic heterocycles. The van der Waals surface area contributed by atoms with Crippen molar-refractivity contribution in [1.29, 1.82) is 0 Å². The molecule has 0 saturated carbocycles. The van der Waals surface area contributed by atoms with Crippen LogP contribution in [0.3, 0.4) is 0 Å². The number of quaternary nitrogens is 1. The Hall–Kier alpha value is -2.06. The Balaban J connectivity index is 4.59. The number of carbonyl (C=O) groups excluding carboxylic acids is 1. The van der Waals surface area contributed by atoms with Gasteiger partial charge < -0.3 is 28.8 Å². The molecule has 3 atom stereocenters. The molecule has 40 heavy (non-hydrogen) atoms. The Morgan fingerprint density at radius 3 is 1.90 bits per heavy atom. The quantitative estimate of drug-likeness (QED) is 0.0934. The average molecular weight is 581 g/mol. The van der Waals surface area contributed by atoms with E-state index < -0.39 is 26.6 Å². The number of nitrogens with one attached hydrogen (secondary N) is 1. The van der Waals surface area contributed by atoms with Crippen molar-refractivity contribution < 1.29 is 32.9 Å². The number of hydrogen-bond donors (Lipinski definition) is 2. The highest BCUT2D eigenvalue weighted by Gasteiger charge is 2.22. The normalized spacial score (nSPS) is 16.3. The topological polar surface area (TPSA) is 108 Å². The molecule has 0 spiro atoms. The summed E-state index contributed by atoms with van der Waals surface area (Å²) in [5.41, 5.74) is 0. The number of rotatable bonds is 23. The predicted molar refractivity (Wildman–Crippen MR) is 163 cm³/mol. The Morgan fingerprint density at radius 1 is 0.875 bits per heavy atom. The van der Waals surface area contributed by atoms with Crippen molar-refractivity contribution in [3.63, 3.8) is 0 Å². The first-order valence-corrected chi connectivity index (χ1v) is 15.8. The first-order valence-electron chi connectivity index (χ1n) is 14.3. The lowest BCUT2D eigenvalue weighted by Crippen LogP contribution is -2.45. The van der Waals surface area contributed by atoms with Gasteiger partial charge in [0.15, 0.2) is 0 Å². The second-order valence-electron chi connectivity index (χ2n) is 10.4. The van der Waals surface area contributed by atoms with Gasteiger partial charge in [-0.25, -0.2) is 0 Å². The van der Waals surface area contributed by atoms with Crippen LogP contribution in [0.5, 0.6) is 0 Å². The van der Waals surface area contributed by atoms with Gasteiger partial charge in [0.05, 0.1) is 39.9 Å². The molecule has 0 heterocycles. The highest BCUT2D eigenvalue weighted by atomic mass is 31.2. The van der Waals surface area contributed by atoms with Gasteiger partial charge in [0.1, 0.15) is 13.2 Å². The van der Waals surface area contributed by atoms with Crippen LogP contribution in [0, 0.1) is 0 Å². The molecule has 0 saturated heterocycles. The summed E-state index contributed by atoms with van der Waals surface area (Å²) < 4.78 is 22.6. The lowest BCUT2D eigenvalue weighted by Gasteiger charge is -2.29. The van der Waals surface area contributed by atoms with Gasteiger partial charge in [-0.3, -0.25) is 9.36 Å². The minimum Gasteiger partial charge on any atom is -0.756 e. The van der Waals surface area contributed by atoms with Gasteiger partial charge in [-0.2, -0.15) is 0 Å². The molecular formula is C31H53N2O6P. The van der Waals surface area contributed by atoms with Crippen LogP contribution in [0.15, 0.2) is 72.9 Å². The van der Waals surface area contributed by atoms with Gasteiger partial charge in [-0.05, 0) is 38.5 Å². The molecule has 228 valence electrons. The largest absolute Gasteiger partial charge is 0.756 e. The first kappa shape index (κ1) is 37.9. The SMILES string of the molecule is CC/C=C\C/C=C\C/C=C\C/C=C\C/C=C\CC(=O)NC(COP(=O)([O-])OCC[N+](C)(C)C)C(O)/C=C/CCC. The van der Waals surface area contributed by atoms with Gasteiger partial charge in [0.25, 0.3) is 7.82 Å². The number of phosphoric acid groups is 1. The minimum absolute atomic E-state index is 0.0235. The van der Waals surface area contributed by atoms with Crippen molar-refractivity contribution in [2.24, 2.45) is 0 Å². The van der Waals surface area contributed by atoms with Crippen LogP contribution in [0.2, 0.25) is 0 Å². The zero-order valence-electron chi connectivity index (χ0n) is 25.2. The van der Waals surface area contributed by atoms with E-state index in [-0.39, 0.29) is 18.9 Å². The van der Waals surface area contributed by atoms with Crippen LogP contribution >= 0.6 is 7.82 Å². The number of nitrogens with zero attached hydrogens (tertiary/aromatic N) is 1. The number of amides is 1. The highest BCUT2D eigenvalue weighted by Crippen LogP contribution is 2.38. The summed E-state index contributed by atoms with van der Waals surface area (Å²) in [7, 11) is 1.18. The van der Waals surface area contributed by atoms with Gasteiger partial charge in [0.2, 0.25) is 5.91 Å². The van der Waals surface area contributed by atoms with E-state index in [2.05, 4.69) is 54.8 Å². The van der Waals surface area contributed by atoms with Crippen molar-refractivity contribution in [2.45, 2.75) is 77.4 Å². The molecule has 0 aliphatic rings. The van der Waals surface area contributed by atoms with E-state index in [0.29, 0.717) is 17.4 Å². The van der Waals surface area contributed by atoms with Crippen LogP contribution < -0.4 is 10.2 Å². The lowest BCUT2D eigenvalue weighted by atomic mass is 10.1.